The van der Waals surface area contributed by atoms with Crippen LogP contribution in [0.4, 0.5) is 14.9 Å². The summed E-state index contributed by atoms with van der Waals surface area (Å²) in [7, 11) is -3.56. The number of rotatable bonds is 5. The first-order valence-electron chi connectivity index (χ1n) is 8.30. The predicted molar refractivity (Wildman–Crippen MR) is 103 cm³/mol. The highest BCUT2D eigenvalue weighted by atomic mass is 35.5. The van der Waals surface area contributed by atoms with E-state index in [1.807, 2.05) is 12.1 Å². The Morgan fingerprint density at radius 2 is 2.04 bits per heavy atom. The molecule has 27 heavy (non-hydrogen) atoms. The van der Waals surface area contributed by atoms with Gasteiger partial charge in [-0.05, 0) is 53.8 Å². The third kappa shape index (κ3) is 5.11. The maximum Gasteiger partial charge on any atom is 0.315 e. The van der Waals surface area contributed by atoms with Gasteiger partial charge in [0.05, 0.1) is 18.0 Å². The number of urea groups is 1. The van der Waals surface area contributed by atoms with E-state index in [-0.39, 0.29) is 24.3 Å². The van der Waals surface area contributed by atoms with Crippen LogP contribution in [0.25, 0.3) is 0 Å². The quantitative estimate of drug-likeness (QED) is 0.705. The van der Waals surface area contributed by atoms with Crippen LogP contribution >= 0.6 is 11.6 Å². The SMILES string of the molecule is CS(=O)(=O)Nc1ccc(CNC(=O)N[C@@H]2CCc3cc(Cl)ccc32)cc1F. The zero-order valence-corrected chi connectivity index (χ0v) is 16.1. The van der Waals surface area contributed by atoms with Gasteiger partial charge in [-0.15, -0.1) is 0 Å². The molecule has 0 radical (unpaired) electrons. The van der Waals surface area contributed by atoms with Gasteiger partial charge >= 0.3 is 6.03 Å². The van der Waals surface area contributed by atoms with Crippen molar-refractivity contribution in [3.63, 3.8) is 0 Å². The van der Waals surface area contributed by atoms with Crippen LogP contribution in [0.15, 0.2) is 36.4 Å². The summed E-state index contributed by atoms with van der Waals surface area (Å²) in [5, 5.41) is 6.26. The van der Waals surface area contributed by atoms with E-state index in [0.717, 1.165) is 30.2 Å². The Kier molecular flexibility index (Phi) is 5.57. The van der Waals surface area contributed by atoms with Crippen molar-refractivity contribution in [3.05, 3.63) is 63.9 Å². The predicted octanol–water partition coefficient (Wildman–Crippen LogP) is 3.34. The van der Waals surface area contributed by atoms with Crippen LogP contribution in [0.5, 0.6) is 0 Å². The summed E-state index contributed by atoms with van der Waals surface area (Å²) < 4.78 is 38.4. The number of sulfonamides is 1. The van der Waals surface area contributed by atoms with E-state index >= 15 is 0 Å². The fourth-order valence-corrected chi connectivity index (χ4v) is 3.84. The van der Waals surface area contributed by atoms with Gasteiger partial charge in [-0.2, -0.15) is 0 Å². The summed E-state index contributed by atoms with van der Waals surface area (Å²) >= 11 is 5.99. The van der Waals surface area contributed by atoms with Crippen LogP contribution < -0.4 is 15.4 Å². The van der Waals surface area contributed by atoms with Gasteiger partial charge in [0.2, 0.25) is 10.0 Å². The minimum atomic E-state index is -3.56. The number of fused-ring (bicyclic) bond motifs is 1. The molecule has 2 amide bonds. The van der Waals surface area contributed by atoms with E-state index in [1.54, 1.807) is 12.1 Å². The molecular formula is C18H19ClFN3O3S. The molecular weight excluding hydrogens is 393 g/mol. The van der Waals surface area contributed by atoms with Crippen molar-refractivity contribution in [2.24, 2.45) is 0 Å². The molecule has 144 valence electrons. The first kappa shape index (κ1) is 19.4. The van der Waals surface area contributed by atoms with Gasteiger partial charge in [0.25, 0.3) is 0 Å². The van der Waals surface area contributed by atoms with Gasteiger partial charge in [0, 0.05) is 11.6 Å². The Bertz CT molecular complexity index is 982. The maximum absolute atomic E-state index is 14.0. The Morgan fingerprint density at radius 3 is 2.74 bits per heavy atom. The molecule has 0 saturated heterocycles. The van der Waals surface area contributed by atoms with Crippen molar-refractivity contribution in [2.45, 2.75) is 25.4 Å². The molecule has 0 saturated carbocycles. The standard InChI is InChI=1S/C18H19ClFN3O3S/c1-27(25,26)23-17-6-2-11(8-15(17)20)10-21-18(24)22-16-7-3-12-9-13(19)4-5-14(12)16/h2,4-6,8-9,16,23H,3,7,10H2,1H3,(H2,21,22,24)/t16-/m1/s1. The van der Waals surface area contributed by atoms with Gasteiger partial charge in [-0.25, -0.2) is 17.6 Å². The molecule has 0 fully saturated rings. The number of hydrogen-bond acceptors (Lipinski definition) is 3. The lowest BCUT2D eigenvalue weighted by Gasteiger charge is -2.15. The first-order chi connectivity index (χ1) is 12.7. The molecule has 2 aromatic rings. The van der Waals surface area contributed by atoms with E-state index in [1.165, 1.54) is 12.1 Å². The summed E-state index contributed by atoms with van der Waals surface area (Å²) in [5.74, 6) is -0.707. The first-order valence-corrected chi connectivity index (χ1v) is 10.6. The minimum absolute atomic E-state index is 0.0876. The highest BCUT2D eigenvalue weighted by Gasteiger charge is 2.23. The fraction of sp³-hybridized carbons (Fsp3) is 0.278. The number of benzene rings is 2. The zero-order valence-electron chi connectivity index (χ0n) is 14.6. The highest BCUT2D eigenvalue weighted by molar-refractivity contribution is 7.92. The van der Waals surface area contributed by atoms with Crippen LogP contribution in [0, 0.1) is 5.82 Å². The number of carbonyl (C=O) groups excluding carboxylic acids is 1. The largest absolute Gasteiger partial charge is 0.334 e. The number of halogens is 2. The summed E-state index contributed by atoms with van der Waals surface area (Å²) in [6.07, 6.45) is 2.59. The van der Waals surface area contributed by atoms with E-state index in [9.17, 15) is 17.6 Å². The van der Waals surface area contributed by atoms with Crippen LogP contribution in [-0.4, -0.2) is 20.7 Å². The van der Waals surface area contributed by atoms with Crippen LogP contribution in [-0.2, 0) is 23.0 Å². The number of hydrogen-bond donors (Lipinski definition) is 3. The third-order valence-electron chi connectivity index (χ3n) is 4.27. The number of anilines is 1. The normalized spacial score (nSPS) is 15.9. The van der Waals surface area contributed by atoms with Crippen molar-refractivity contribution >= 4 is 33.3 Å². The maximum atomic E-state index is 14.0. The van der Waals surface area contributed by atoms with Gasteiger partial charge in [-0.3, -0.25) is 4.72 Å². The molecule has 6 nitrogen and oxygen atoms in total. The molecule has 0 heterocycles. The Labute approximate surface area is 162 Å². The van der Waals surface area contributed by atoms with Crippen LogP contribution in [0.1, 0.15) is 29.2 Å². The molecule has 2 aromatic carbocycles. The van der Waals surface area contributed by atoms with Crippen LogP contribution in [0.3, 0.4) is 0 Å². The monoisotopic (exact) mass is 411 g/mol. The Morgan fingerprint density at radius 1 is 1.26 bits per heavy atom. The molecule has 3 N–H and O–H groups in total. The zero-order chi connectivity index (χ0) is 19.6. The topological polar surface area (TPSA) is 87.3 Å². The lowest BCUT2D eigenvalue weighted by atomic mass is 10.1. The van der Waals surface area contributed by atoms with Gasteiger partial charge in [-0.1, -0.05) is 23.7 Å². The van der Waals surface area contributed by atoms with E-state index < -0.39 is 15.8 Å². The molecule has 1 atom stereocenters. The lowest BCUT2D eigenvalue weighted by molar-refractivity contribution is 0.236. The number of aryl methyl sites for hydroxylation is 1. The molecule has 3 rings (SSSR count). The van der Waals surface area contributed by atoms with Crippen molar-refractivity contribution < 1.29 is 17.6 Å². The second kappa shape index (κ2) is 7.74. The lowest BCUT2D eigenvalue weighted by Crippen LogP contribution is -2.36. The fourth-order valence-electron chi connectivity index (χ4n) is 3.08. The Hall–Kier alpha value is -2.32. The highest BCUT2D eigenvalue weighted by Crippen LogP contribution is 2.32. The van der Waals surface area contributed by atoms with Gasteiger partial charge in [0.15, 0.2) is 0 Å². The van der Waals surface area contributed by atoms with Gasteiger partial charge < -0.3 is 10.6 Å². The second-order valence-electron chi connectivity index (χ2n) is 6.45. The van der Waals surface area contributed by atoms with Crippen molar-refractivity contribution in [1.29, 1.82) is 0 Å². The average Bonchev–Trinajstić information content (AvgIpc) is 2.96. The molecule has 1 aliphatic carbocycles. The second-order valence-corrected chi connectivity index (χ2v) is 8.63. The van der Waals surface area contributed by atoms with Crippen LogP contribution in [0.2, 0.25) is 5.02 Å². The van der Waals surface area contributed by atoms with Crippen molar-refractivity contribution in [1.82, 2.24) is 10.6 Å². The number of amides is 2. The molecule has 0 unspecified atom stereocenters. The minimum Gasteiger partial charge on any atom is -0.334 e. The molecule has 0 spiro atoms. The molecule has 0 aromatic heterocycles. The number of carbonyl (C=O) groups is 1. The smallest absolute Gasteiger partial charge is 0.315 e. The van der Waals surface area contributed by atoms with E-state index in [4.69, 9.17) is 11.6 Å². The molecule has 9 heteroatoms. The van der Waals surface area contributed by atoms with Crippen molar-refractivity contribution in [3.8, 4) is 0 Å². The molecule has 0 bridgehead atoms. The average molecular weight is 412 g/mol. The summed E-state index contributed by atoms with van der Waals surface area (Å²) in [4.78, 5) is 12.2. The van der Waals surface area contributed by atoms with Crippen molar-refractivity contribution in [2.75, 3.05) is 11.0 Å². The Balaban J connectivity index is 1.57. The summed E-state index contributed by atoms with van der Waals surface area (Å²) in [5.41, 5.74) is 2.56. The summed E-state index contributed by atoms with van der Waals surface area (Å²) in [6, 6.07) is 9.22. The molecule has 1 aliphatic rings. The van der Waals surface area contributed by atoms with E-state index in [0.29, 0.717) is 10.6 Å². The number of nitrogens with one attached hydrogen (secondary N) is 3. The third-order valence-corrected chi connectivity index (χ3v) is 5.10. The van der Waals surface area contributed by atoms with E-state index in [2.05, 4.69) is 15.4 Å². The van der Waals surface area contributed by atoms with Gasteiger partial charge in [0.1, 0.15) is 5.82 Å². The summed E-state index contributed by atoms with van der Waals surface area (Å²) in [6.45, 7) is 0.113. The molecule has 0 aliphatic heterocycles.